The van der Waals surface area contributed by atoms with Crippen molar-refractivity contribution in [1.82, 2.24) is 10.2 Å². The molecule has 0 spiro atoms. The summed E-state index contributed by atoms with van der Waals surface area (Å²) in [6.45, 7) is 0. The summed E-state index contributed by atoms with van der Waals surface area (Å²) in [6.07, 6.45) is 0. The van der Waals surface area contributed by atoms with E-state index in [-0.39, 0.29) is 9.92 Å². The minimum absolute atomic E-state index is 0.160. The first-order chi connectivity index (χ1) is 7.65. The first-order valence-electron chi connectivity index (χ1n) is 4.09. The Labute approximate surface area is 103 Å². The third-order valence-corrected chi connectivity index (χ3v) is 4.49. The molecule has 0 saturated carbocycles. The summed E-state index contributed by atoms with van der Waals surface area (Å²) < 4.78 is 0.770. The Morgan fingerprint density at radius 3 is 2.94 bits per heavy atom. The summed E-state index contributed by atoms with van der Waals surface area (Å²) in [4.78, 5) is 10.1. The molecule has 16 heavy (non-hydrogen) atoms. The highest BCUT2D eigenvalue weighted by molar-refractivity contribution is 8.00. The van der Waals surface area contributed by atoms with E-state index in [1.807, 2.05) is 0 Å². The molecular formula is C7H6N4O2S3. The minimum atomic E-state index is -0.387. The van der Waals surface area contributed by atoms with E-state index in [2.05, 4.69) is 10.2 Å². The number of nitrogens with zero attached hydrogens (tertiary/aromatic N) is 3. The lowest BCUT2D eigenvalue weighted by Gasteiger charge is -1.91. The Hall–Kier alpha value is -1.19. The summed E-state index contributed by atoms with van der Waals surface area (Å²) in [5.74, 6) is 0.638. The Kier molecular flexibility index (Phi) is 3.36. The minimum Gasteiger partial charge on any atom is -0.374 e. The normalized spacial score (nSPS) is 10.5. The van der Waals surface area contributed by atoms with Crippen molar-refractivity contribution in [3.8, 4) is 0 Å². The van der Waals surface area contributed by atoms with E-state index < -0.39 is 0 Å². The van der Waals surface area contributed by atoms with Crippen molar-refractivity contribution in [2.24, 2.45) is 0 Å². The van der Waals surface area contributed by atoms with Crippen molar-refractivity contribution in [2.75, 3.05) is 5.73 Å². The molecule has 84 valence electrons. The molecule has 2 heterocycles. The molecule has 0 atom stereocenters. The van der Waals surface area contributed by atoms with Gasteiger partial charge in [0.15, 0.2) is 4.34 Å². The van der Waals surface area contributed by atoms with E-state index in [0.29, 0.717) is 10.9 Å². The van der Waals surface area contributed by atoms with Crippen LogP contribution in [0, 0.1) is 10.1 Å². The number of hydrogen-bond acceptors (Lipinski definition) is 8. The van der Waals surface area contributed by atoms with Gasteiger partial charge < -0.3 is 5.73 Å². The van der Waals surface area contributed by atoms with Gasteiger partial charge in [-0.2, -0.15) is 0 Å². The number of anilines is 1. The van der Waals surface area contributed by atoms with Crippen LogP contribution in [-0.2, 0) is 5.75 Å². The highest BCUT2D eigenvalue weighted by Crippen LogP contribution is 2.30. The number of nitro groups is 1. The standard InChI is InChI=1S/C7H6N4O2S3/c8-6-9-10-7(16-6)15-3-4-1-5(11(12)13)14-2-4/h1-2H,3H2,(H2,8,9). The van der Waals surface area contributed by atoms with Crippen LogP contribution in [0.25, 0.3) is 0 Å². The Balaban J connectivity index is 1.97. The van der Waals surface area contributed by atoms with Crippen LogP contribution >= 0.6 is 34.4 Å². The molecule has 2 aromatic rings. The van der Waals surface area contributed by atoms with E-state index in [0.717, 1.165) is 21.2 Å². The molecule has 2 rings (SSSR count). The Bertz CT molecular complexity index is 509. The van der Waals surface area contributed by atoms with Gasteiger partial charge in [-0.15, -0.1) is 10.2 Å². The molecule has 0 saturated heterocycles. The number of thioether (sulfide) groups is 1. The number of nitrogens with two attached hydrogens (primary N) is 1. The van der Waals surface area contributed by atoms with E-state index >= 15 is 0 Å². The molecule has 0 fully saturated rings. The fraction of sp³-hybridized carbons (Fsp3) is 0.143. The summed E-state index contributed by atoms with van der Waals surface area (Å²) in [6, 6.07) is 1.57. The second-order valence-electron chi connectivity index (χ2n) is 2.75. The van der Waals surface area contributed by atoms with Gasteiger partial charge in [0.1, 0.15) is 0 Å². The van der Waals surface area contributed by atoms with Crippen LogP contribution in [0.3, 0.4) is 0 Å². The molecule has 0 unspecified atom stereocenters. The smallest absolute Gasteiger partial charge is 0.324 e. The highest BCUT2D eigenvalue weighted by Gasteiger charge is 2.10. The highest BCUT2D eigenvalue weighted by atomic mass is 32.2. The first kappa shape index (κ1) is 11.3. The monoisotopic (exact) mass is 274 g/mol. The number of aromatic nitrogens is 2. The summed E-state index contributed by atoms with van der Waals surface area (Å²) >= 11 is 3.90. The van der Waals surface area contributed by atoms with Gasteiger partial charge >= 0.3 is 5.00 Å². The van der Waals surface area contributed by atoms with Crippen molar-refractivity contribution in [3.05, 3.63) is 27.1 Å². The molecule has 0 aliphatic carbocycles. The van der Waals surface area contributed by atoms with Gasteiger partial charge in [-0.1, -0.05) is 34.4 Å². The van der Waals surface area contributed by atoms with Gasteiger partial charge in [-0.3, -0.25) is 10.1 Å². The summed E-state index contributed by atoms with van der Waals surface area (Å²) in [7, 11) is 0. The van der Waals surface area contributed by atoms with Gasteiger partial charge in [0.05, 0.1) is 4.92 Å². The molecule has 2 aromatic heterocycles. The number of hydrogen-bond donors (Lipinski definition) is 1. The fourth-order valence-corrected chi connectivity index (χ4v) is 3.36. The maximum atomic E-state index is 10.5. The van der Waals surface area contributed by atoms with Crippen LogP contribution in [-0.4, -0.2) is 15.1 Å². The second-order valence-corrected chi connectivity index (χ2v) is 5.87. The van der Waals surface area contributed by atoms with Gasteiger partial charge in [0.2, 0.25) is 5.13 Å². The molecule has 0 aliphatic heterocycles. The van der Waals surface area contributed by atoms with Crippen LogP contribution in [0.1, 0.15) is 5.56 Å². The van der Waals surface area contributed by atoms with Crippen molar-refractivity contribution in [1.29, 1.82) is 0 Å². The molecule has 0 aromatic carbocycles. The molecule has 0 aliphatic rings. The molecule has 0 radical (unpaired) electrons. The van der Waals surface area contributed by atoms with Gasteiger partial charge in [-0.25, -0.2) is 0 Å². The van der Waals surface area contributed by atoms with Crippen LogP contribution in [0.15, 0.2) is 15.8 Å². The average Bonchev–Trinajstić information content (AvgIpc) is 2.83. The zero-order valence-corrected chi connectivity index (χ0v) is 10.3. The number of nitrogen functional groups attached to an aromatic ring is 1. The molecule has 9 heteroatoms. The van der Waals surface area contributed by atoms with E-state index in [9.17, 15) is 10.1 Å². The lowest BCUT2D eigenvalue weighted by molar-refractivity contribution is -0.380. The predicted octanol–water partition coefficient (Wildman–Crippen LogP) is 2.38. The summed E-state index contributed by atoms with van der Waals surface area (Å²) in [5, 5.41) is 20.4. The molecule has 0 bridgehead atoms. The maximum absolute atomic E-state index is 10.5. The third-order valence-electron chi connectivity index (χ3n) is 1.60. The van der Waals surface area contributed by atoms with E-state index in [4.69, 9.17) is 5.73 Å². The zero-order chi connectivity index (χ0) is 11.5. The first-order valence-corrected chi connectivity index (χ1v) is 6.77. The van der Waals surface area contributed by atoms with Crippen molar-refractivity contribution >= 4 is 44.6 Å². The third kappa shape index (κ3) is 2.68. The Morgan fingerprint density at radius 2 is 2.38 bits per heavy atom. The van der Waals surface area contributed by atoms with Crippen LogP contribution in [0.2, 0.25) is 0 Å². The van der Waals surface area contributed by atoms with Gasteiger partial charge in [0.25, 0.3) is 0 Å². The predicted molar refractivity (Wildman–Crippen MR) is 64.9 cm³/mol. The molecular weight excluding hydrogens is 268 g/mol. The van der Waals surface area contributed by atoms with Crippen LogP contribution in [0.4, 0.5) is 10.1 Å². The fourth-order valence-electron chi connectivity index (χ4n) is 0.958. The molecule has 6 nitrogen and oxygen atoms in total. The SMILES string of the molecule is Nc1nnc(SCc2csc([N+](=O)[O-])c2)s1. The lowest BCUT2D eigenvalue weighted by atomic mass is 10.4. The second kappa shape index (κ2) is 4.76. The van der Waals surface area contributed by atoms with Gasteiger partial charge in [0, 0.05) is 17.2 Å². The van der Waals surface area contributed by atoms with Crippen molar-refractivity contribution in [2.45, 2.75) is 10.1 Å². The van der Waals surface area contributed by atoms with E-state index in [1.54, 1.807) is 11.4 Å². The van der Waals surface area contributed by atoms with Crippen molar-refractivity contribution in [3.63, 3.8) is 0 Å². The van der Waals surface area contributed by atoms with Crippen LogP contribution < -0.4 is 5.73 Å². The quantitative estimate of drug-likeness (QED) is 0.522. The van der Waals surface area contributed by atoms with Gasteiger partial charge in [-0.05, 0) is 5.56 Å². The topological polar surface area (TPSA) is 94.9 Å². The van der Waals surface area contributed by atoms with E-state index in [1.165, 1.54) is 23.1 Å². The molecule has 2 N–H and O–H groups in total. The zero-order valence-electron chi connectivity index (χ0n) is 7.82. The maximum Gasteiger partial charge on any atom is 0.324 e. The number of rotatable bonds is 4. The average molecular weight is 274 g/mol. The summed E-state index contributed by atoms with van der Waals surface area (Å²) in [5.41, 5.74) is 6.35. The van der Waals surface area contributed by atoms with Crippen molar-refractivity contribution < 1.29 is 4.92 Å². The Morgan fingerprint density at radius 1 is 1.56 bits per heavy atom. The largest absolute Gasteiger partial charge is 0.374 e. The lowest BCUT2D eigenvalue weighted by Crippen LogP contribution is -1.82. The number of thiophene rings is 1. The molecule has 0 amide bonds. The van der Waals surface area contributed by atoms with Crippen LogP contribution in [0.5, 0.6) is 0 Å².